The molecule has 4 heteroatoms. The predicted molar refractivity (Wildman–Crippen MR) is 77.0 cm³/mol. The van der Waals surface area contributed by atoms with Gasteiger partial charge in [0.05, 0.1) is 7.11 Å². The number of anilines is 1. The second kappa shape index (κ2) is 5.87. The van der Waals surface area contributed by atoms with Crippen molar-refractivity contribution in [1.82, 2.24) is 4.98 Å². The molecule has 1 heterocycles. The van der Waals surface area contributed by atoms with Gasteiger partial charge in [-0.05, 0) is 30.7 Å². The first-order valence-corrected chi connectivity index (χ1v) is 6.48. The molecule has 0 bridgehead atoms. The maximum Gasteiger partial charge on any atom is 0.218 e. The summed E-state index contributed by atoms with van der Waals surface area (Å²) in [5, 5.41) is 3.39. The first kappa shape index (κ1) is 12.9. The molecule has 0 saturated heterocycles. The number of hydrogen-bond acceptors (Lipinski definition) is 3. The van der Waals surface area contributed by atoms with Gasteiger partial charge in [-0.15, -0.1) is 0 Å². The van der Waals surface area contributed by atoms with Gasteiger partial charge < -0.3 is 10.1 Å². The minimum atomic E-state index is 0.664. The maximum atomic E-state index is 5.23. The Morgan fingerprint density at radius 2 is 2.11 bits per heavy atom. The van der Waals surface area contributed by atoms with Gasteiger partial charge in [0.15, 0.2) is 0 Å². The third kappa shape index (κ3) is 2.82. The van der Waals surface area contributed by atoms with Crippen LogP contribution in [0.3, 0.4) is 0 Å². The first-order chi connectivity index (χ1) is 8.72. The molecule has 0 saturated carbocycles. The van der Waals surface area contributed by atoms with Crippen molar-refractivity contribution in [1.29, 1.82) is 0 Å². The molecule has 2 rings (SSSR count). The van der Waals surface area contributed by atoms with Crippen LogP contribution in [0.15, 0.2) is 41.0 Å². The molecule has 0 amide bonds. The van der Waals surface area contributed by atoms with E-state index in [1.165, 1.54) is 5.56 Å². The van der Waals surface area contributed by atoms with E-state index in [1.807, 2.05) is 24.3 Å². The van der Waals surface area contributed by atoms with E-state index < -0.39 is 0 Å². The Bertz CT molecular complexity index is 543. The number of pyridine rings is 1. The lowest BCUT2D eigenvalue weighted by molar-refractivity contribution is 0.393. The molecule has 1 aromatic heterocycles. The number of methoxy groups -OCH3 is 1. The maximum absolute atomic E-state index is 5.23. The van der Waals surface area contributed by atoms with E-state index in [0.29, 0.717) is 12.4 Å². The molecular weight excluding hydrogens is 292 g/mol. The first-order valence-electron chi connectivity index (χ1n) is 5.69. The molecule has 0 aliphatic carbocycles. The standard InChI is InChI=1S/C14H15BrN2O/c1-10-12(15)6-3-7-13(10)17-9-11-5-4-8-16-14(11)18-2/h3-8,17H,9H2,1-2H3. The molecule has 1 aromatic carbocycles. The van der Waals surface area contributed by atoms with Gasteiger partial charge in [0.1, 0.15) is 0 Å². The summed E-state index contributed by atoms with van der Waals surface area (Å²) in [4.78, 5) is 4.18. The Kier molecular flexibility index (Phi) is 4.20. The largest absolute Gasteiger partial charge is 0.481 e. The summed E-state index contributed by atoms with van der Waals surface area (Å²) in [5.74, 6) is 0.664. The number of ether oxygens (including phenoxy) is 1. The van der Waals surface area contributed by atoms with Crippen molar-refractivity contribution in [2.75, 3.05) is 12.4 Å². The SMILES string of the molecule is COc1ncccc1CNc1cccc(Br)c1C. The summed E-state index contributed by atoms with van der Waals surface area (Å²) in [6.45, 7) is 2.77. The van der Waals surface area contributed by atoms with Gasteiger partial charge in [0, 0.05) is 28.5 Å². The topological polar surface area (TPSA) is 34.1 Å². The highest BCUT2D eigenvalue weighted by Crippen LogP contribution is 2.24. The van der Waals surface area contributed by atoms with E-state index >= 15 is 0 Å². The van der Waals surface area contributed by atoms with Crippen LogP contribution in [0.4, 0.5) is 5.69 Å². The predicted octanol–water partition coefficient (Wildman–Crippen LogP) is 3.77. The Morgan fingerprint density at radius 1 is 1.28 bits per heavy atom. The van der Waals surface area contributed by atoms with Crippen molar-refractivity contribution in [3.8, 4) is 5.88 Å². The number of nitrogens with zero attached hydrogens (tertiary/aromatic N) is 1. The zero-order valence-electron chi connectivity index (χ0n) is 10.4. The highest BCUT2D eigenvalue weighted by molar-refractivity contribution is 9.10. The Morgan fingerprint density at radius 3 is 2.89 bits per heavy atom. The van der Waals surface area contributed by atoms with Crippen LogP contribution < -0.4 is 10.1 Å². The van der Waals surface area contributed by atoms with Crippen LogP contribution in [0.1, 0.15) is 11.1 Å². The van der Waals surface area contributed by atoms with Gasteiger partial charge in [-0.3, -0.25) is 0 Å². The van der Waals surface area contributed by atoms with Crippen molar-refractivity contribution in [2.45, 2.75) is 13.5 Å². The number of benzene rings is 1. The molecule has 2 aromatic rings. The van der Waals surface area contributed by atoms with Crippen LogP contribution >= 0.6 is 15.9 Å². The van der Waals surface area contributed by atoms with Crippen LogP contribution in [0, 0.1) is 6.92 Å². The zero-order chi connectivity index (χ0) is 13.0. The average Bonchev–Trinajstić information content (AvgIpc) is 2.41. The van der Waals surface area contributed by atoms with Crippen molar-refractivity contribution in [3.05, 3.63) is 52.1 Å². The molecule has 0 aliphatic heterocycles. The van der Waals surface area contributed by atoms with Crippen molar-refractivity contribution in [3.63, 3.8) is 0 Å². The summed E-state index contributed by atoms with van der Waals surface area (Å²) in [5.41, 5.74) is 3.34. The van der Waals surface area contributed by atoms with Gasteiger partial charge in [-0.1, -0.05) is 28.1 Å². The monoisotopic (exact) mass is 306 g/mol. The number of aromatic nitrogens is 1. The van der Waals surface area contributed by atoms with E-state index in [-0.39, 0.29) is 0 Å². The highest BCUT2D eigenvalue weighted by Gasteiger charge is 2.05. The molecular formula is C14H15BrN2O. The van der Waals surface area contributed by atoms with E-state index in [4.69, 9.17) is 4.74 Å². The van der Waals surface area contributed by atoms with Gasteiger partial charge in [-0.25, -0.2) is 4.98 Å². The lowest BCUT2D eigenvalue weighted by Gasteiger charge is -2.12. The summed E-state index contributed by atoms with van der Waals surface area (Å²) >= 11 is 3.52. The third-order valence-corrected chi connectivity index (χ3v) is 3.64. The Hall–Kier alpha value is -1.55. The van der Waals surface area contributed by atoms with Crippen LogP contribution in [-0.2, 0) is 6.54 Å². The Balaban J connectivity index is 2.14. The van der Waals surface area contributed by atoms with Crippen LogP contribution in [0.5, 0.6) is 5.88 Å². The molecule has 0 aliphatic rings. The number of halogens is 1. The van der Waals surface area contributed by atoms with E-state index in [9.17, 15) is 0 Å². The highest BCUT2D eigenvalue weighted by atomic mass is 79.9. The molecule has 0 atom stereocenters. The number of hydrogen-bond donors (Lipinski definition) is 1. The minimum absolute atomic E-state index is 0.664. The van der Waals surface area contributed by atoms with Gasteiger partial charge in [0.25, 0.3) is 0 Å². The van der Waals surface area contributed by atoms with Gasteiger partial charge in [0.2, 0.25) is 5.88 Å². The number of rotatable bonds is 4. The van der Waals surface area contributed by atoms with Crippen LogP contribution in [-0.4, -0.2) is 12.1 Å². The summed E-state index contributed by atoms with van der Waals surface area (Å²) in [6.07, 6.45) is 1.73. The van der Waals surface area contributed by atoms with Crippen LogP contribution in [0.2, 0.25) is 0 Å². The molecule has 0 unspecified atom stereocenters. The quantitative estimate of drug-likeness (QED) is 0.933. The average molecular weight is 307 g/mol. The fourth-order valence-corrected chi connectivity index (χ4v) is 2.10. The van der Waals surface area contributed by atoms with E-state index in [2.05, 4.69) is 39.2 Å². The van der Waals surface area contributed by atoms with E-state index in [0.717, 1.165) is 15.7 Å². The lowest BCUT2D eigenvalue weighted by Crippen LogP contribution is -2.04. The summed E-state index contributed by atoms with van der Waals surface area (Å²) in [6, 6.07) is 10.0. The summed E-state index contributed by atoms with van der Waals surface area (Å²) < 4.78 is 6.33. The molecule has 3 nitrogen and oxygen atoms in total. The molecule has 0 spiro atoms. The fourth-order valence-electron chi connectivity index (χ4n) is 1.73. The molecule has 1 N–H and O–H groups in total. The van der Waals surface area contributed by atoms with Crippen molar-refractivity contribution < 1.29 is 4.74 Å². The lowest BCUT2D eigenvalue weighted by atomic mass is 10.2. The van der Waals surface area contributed by atoms with Gasteiger partial charge >= 0.3 is 0 Å². The molecule has 94 valence electrons. The minimum Gasteiger partial charge on any atom is -0.481 e. The molecule has 0 fully saturated rings. The summed E-state index contributed by atoms with van der Waals surface area (Å²) in [7, 11) is 1.64. The molecule has 18 heavy (non-hydrogen) atoms. The van der Waals surface area contributed by atoms with E-state index in [1.54, 1.807) is 13.3 Å². The van der Waals surface area contributed by atoms with Crippen LogP contribution in [0.25, 0.3) is 0 Å². The van der Waals surface area contributed by atoms with Crippen molar-refractivity contribution in [2.24, 2.45) is 0 Å². The smallest absolute Gasteiger partial charge is 0.218 e. The normalized spacial score (nSPS) is 10.2. The third-order valence-electron chi connectivity index (χ3n) is 2.78. The Labute approximate surface area is 115 Å². The zero-order valence-corrected chi connectivity index (χ0v) is 12.0. The second-order valence-corrected chi connectivity index (χ2v) is 4.79. The van der Waals surface area contributed by atoms with Gasteiger partial charge in [-0.2, -0.15) is 0 Å². The second-order valence-electron chi connectivity index (χ2n) is 3.94. The fraction of sp³-hybridized carbons (Fsp3) is 0.214. The number of nitrogens with one attached hydrogen (secondary N) is 1. The van der Waals surface area contributed by atoms with Crippen molar-refractivity contribution >= 4 is 21.6 Å². The molecule has 0 radical (unpaired) electrons.